The molecule has 0 spiro atoms. The zero-order chi connectivity index (χ0) is 13.0. The molecule has 1 fully saturated rings. The largest absolute Gasteiger partial charge is 0.387 e. The summed E-state index contributed by atoms with van der Waals surface area (Å²) in [5.41, 5.74) is 6.82. The van der Waals surface area contributed by atoms with E-state index >= 15 is 0 Å². The van der Waals surface area contributed by atoms with Crippen LogP contribution in [0.15, 0.2) is 30.3 Å². The Morgan fingerprint density at radius 1 is 1.22 bits per heavy atom. The first-order chi connectivity index (χ1) is 8.66. The number of hydrogen-bond acceptors (Lipinski definition) is 3. The van der Waals surface area contributed by atoms with E-state index in [4.69, 9.17) is 11.1 Å². The van der Waals surface area contributed by atoms with Gasteiger partial charge in [-0.15, -0.1) is 0 Å². The molecule has 0 radical (unpaired) electrons. The number of nitrogens with two attached hydrogens (primary N) is 1. The molecule has 4 heteroatoms. The Bertz CT molecular complexity index is 382. The Morgan fingerprint density at radius 3 is 2.39 bits per heavy atom. The lowest BCUT2D eigenvalue weighted by molar-refractivity contribution is 0.243. The second-order valence-electron chi connectivity index (χ2n) is 4.98. The fourth-order valence-corrected chi connectivity index (χ4v) is 2.31. The third-order valence-corrected chi connectivity index (χ3v) is 3.56. The highest BCUT2D eigenvalue weighted by Gasteiger charge is 2.19. The Hall–Kier alpha value is -1.55. The number of para-hydroxylation sites is 1. The van der Waals surface area contributed by atoms with Gasteiger partial charge < -0.3 is 10.6 Å². The van der Waals surface area contributed by atoms with Crippen molar-refractivity contribution in [1.29, 1.82) is 5.41 Å². The van der Waals surface area contributed by atoms with E-state index in [2.05, 4.69) is 34.1 Å². The van der Waals surface area contributed by atoms with Gasteiger partial charge in [0.15, 0.2) is 0 Å². The SMILES string of the molecule is CC(CN1CCN(c2ccccc2)CC1)C(=N)N. The third kappa shape index (κ3) is 3.23. The van der Waals surface area contributed by atoms with Crippen LogP contribution < -0.4 is 10.6 Å². The van der Waals surface area contributed by atoms with Crippen molar-refractivity contribution in [3.8, 4) is 0 Å². The summed E-state index contributed by atoms with van der Waals surface area (Å²) in [6.45, 7) is 7.12. The first-order valence-corrected chi connectivity index (χ1v) is 6.53. The van der Waals surface area contributed by atoms with E-state index in [-0.39, 0.29) is 5.92 Å². The van der Waals surface area contributed by atoms with Gasteiger partial charge in [0.1, 0.15) is 0 Å². The van der Waals surface area contributed by atoms with Crippen LogP contribution in [0, 0.1) is 11.3 Å². The van der Waals surface area contributed by atoms with Crippen LogP contribution in [0.4, 0.5) is 5.69 Å². The predicted octanol–water partition coefficient (Wildman–Crippen LogP) is 1.38. The van der Waals surface area contributed by atoms with Crippen LogP contribution in [0.25, 0.3) is 0 Å². The van der Waals surface area contributed by atoms with Crippen LogP contribution in [-0.4, -0.2) is 43.5 Å². The fourth-order valence-electron chi connectivity index (χ4n) is 2.31. The summed E-state index contributed by atoms with van der Waals surface area (Å²) in [6.07, 6.45) is 0. The molecule has 1 aliphatic rings. The average Bonchev–Trinajstić information content (AvgIpc) is 2.40. The van der Waals surface area contributed by atoms with Gasteiger partial charge in [0.05, 0.1) is 5.84 Å². The predicted molar refractivity (Wildman–Crippen MR) is 76.2 cm³/mol. The van der Waals surface area contributed by atoms with Gasteiger partial charge in [0.2, 0.25) is 0 Å². The normalized spacial score (nSPS) is 18.6. The minimum Gasteiger partial charge on any atom is -0.387 e. The number of nitrogens with one attached hydrogen (secondary N) is 1. The Balaban J connectivity index is 1.83. The van der Waals surface area contributed by atoms with Crippen molar-refractivity contribution in [3.63, 3.8) is 0 Å². The molecule has 0 amide bonds. The molecule has 1 unspecified atom stereocenters. The highest BCUT2D eigenvalue weighted by Crippen LogP contribution is 2.15. The summed E-state index contributed by atoms with van der Waals surface area (Å²) in [4.78, 5) is 4.81. The van der Waals surface area contributed by atoms with E-state index in [9.17, 15) is 0 Å². The zero-order valence-corrected chi connectivity index (χ0v) is 11.0. The van der Waals surface area contributed by atoms with Gasteiger partial charge in [0, 0.05) is 44.3 Å². The van der Waals surface area contributed by atoms with Gasteiger partial charge in [-0.25, -0.2) is 0 Å². The van der Waals surface area contributed by atoms with Gasteiger partial charge in [-0.05, 0) is 12.1 Å². The highest BCUT2D eigenvalue weighted by molar-refractivity contribution is 5.79. The molecule has 1 heterocycles. The monoisotopic (exact) mass is 246 g/mol. The first kappa shape index (κ1) is 12.9. The van der Waals surface area contributed by atoms with Crippen LogP contribution in [0.5, 0.6) is 0 Å². The number of rotatable bonds is 4. The van der Waals surface area contributed by atoms with Crippen LogP contribution in [0.3, 0.4) is 0 Å². The summed E-state index contributed by atoms with van der Waals surface area (Å²) < 4.78 is 0. The smallest absolute Gasteiger partial charge is 0.0947 e. The molecular weight excluding hydrogens is 224 g/mol. The fraction of sp³-hybridized carbons (Fsp3) is 0.500. The average molecular weight is 246 g/mol. The molecule has 18 heavy (non-hydrogen) atoms. The van der Waals surface area contributed by atoms with Crippen LogP contribution in [0.2, 0.25) is 0 Å². The van der Waals surface area contributed by atoms with Crippen molar-refractivity contribution in [2.45, 2.75) is 6.92 Å². The molecule has 1 aromatic rings. The second-order valence-corrected chi connectivity index (χ2v) is 4.98. The Morgan fingerprint density at radius 2 is 1.83 bits per heavy atom. The number of benzene rings is 1. The maximum absolute atomic E-state index is 7.43. The Kier molecular flexibility index (Phi) is 4.20. The molecule has 98 valence electrons. The summed E-state index contributed by atoms with van der Waals surface area (Å²) in [7, 11) is 0. The molecule has 2 rings (SSSR count). The van der Waals surface area contributed by atoms with Crippen LogP contribution in [0.1, 0.15) is 6.92 Å². The quantitative estimate of drug-likeness (QED) is 0.623. The molecule has 1 saturated heterocycles. The van der Waals surface area contributed by atoms with Crippen molar-refractivity contribution in [2.75, 3.05) is 37.6 Å². The summed E-state index contributed by atoms with van der Waals surface area (Å²) in [6, 6.07) is 10.5. The van der Waals surface area contributed by atoms with E-state index < -0.39 is 0 Å². The van der Waals surface area contributed by atoms with E-state index in [1.165, 1.54) is 5.69 Å². The molecule has 1 aliphatic heterocycles. The molecule has 0 saturated carbocycles. The van der Waals surface area contributed by atoms with Crippen molar-refractivity contribution < 1.29 is 0 Å². The lowest BCUT2D eigenvalue weighted by Gasteiger charge is -2.37. The molecule has 1 aromatic carbocycles. The maximum atomic E-state index is 7.43. The van der Waals surface area contributed by atoms with Gasteiger partial charge in [0.25, 0.3) is 0 Å². The molecule has 4 nitrogen and oxygen atoms in total. The number of anilines is 1. The first-order valence-electron chi connectivity index (χ1n) is 6.53. The molecule has 0 bridgehead atoms. The number of hydrogen-bond donors (Lipinski definition) is 2. The van der Waals surface area contributed by atoms with Crippen LogP contribution >= 0.6 is 0 Å². The molecule has 1 atom stereocenters. The van der Waals surface area contributed by atoms with Gasteiger partial charge in [-0.3, -0.25) is 10.3 Å². The zero-order valence-electron chi connectivity index (χ0n) is 11.0. The van der Waals surface area contributed by atoms with E-state index in [1.807, 2.05) is 13.0 Å². The van der Waals surface area contributed by atoms with Crippen molar-refractivity contribution in [1.82, 2.24) is 4.90 Å². The van der Waals surface area contributed by atoms with Gasteiger partial charge in [-0.1, -0.05) is 25.1 Å². The standard InChI is InChI=1S/C14H22N4/c1-12(14(15)16)11-17-7-9-18(10-8-17)13-5-3-2-4-6-13/h2-6,12H,7-11H2,1H3,(H3,15,16). The lowest BCUT2D eigenvalue weighted by atomic mass is 10.1. The number of amidine groups is 1. The molecule has 0 aliphatic carbocycles. The van der Waals surface area contributed by atoms with E-state index in [0.29, 0.717) is 5.84 Å². The maximum Gasteiger partial charge on any atom is 0.0947 e. The molecule has 0 aromatic heterocycles. The van der Waals surface area contributed by atoms with Crippen molar-refractivity contribution in [3.05, 3.63) is 30.3 Å². The number of piperazine rings is 1. The van der Waals surface area contributed by atoms with Crippen molar-refractivity contribution >= 4 is 11.5 Å². The van der Waals surface area contributed by atoms with E-state index in [1.54, 1.807) is 0 Å². The minimum atomic E-state index is 0.160. The molecular formula is C14H22N4. The van der Waals surface area contributed by atoms with Crippen LogP contribution in [-0.2, 0) is 0 Å². The van der Waals surface area contributed by atoms with Gasteiger partial charge in [-0.2, -0.15) is 0 Å². The van der Waals surface area contributed by atoms with E-state index in [0.717, 1.165) is 32.7 Å². The van der Waals surface area contributed by atoms with Gasteiger partial charge >= 0.3 is 0 Å². The topological polar surface area (TPSA) is 56.4 Å². The lowest BCUT2D eigenvalue weighted by Crippen LogP contribution is -2.48. The van der Waals surface area contributed by atoms with Crippen molar-refractivity contribution in [2.24, 2.45) is 11.7 Å². The second kappa shape index (κ2) is 5.87. The highest BCUT2D eigenvalue weighted by atomic mass is 15.3. The molecule has 3 N–H and O–H groups in total. The number of nitrogens with zero attached hydrogens (tertiary/aromatic N) is 2. The Labute approximate surface area is 109 Å². The minimum absolute atomic E-state index is 0.160. The third-order valence-electron chi connectivity index (χ3n) is 3.56. The summed E-state index contributed by atoms with van der Waals surface area (Å²) in [5, 5.41) is 7.43. The summed E-state index contributed by atoms with van der Waals surface area (Å²) >= 11 is 0. The summed E-state index contributed by atoms with van der Waals surface area (Å²) in [5.74, 6) is 0.453.